The molecule has 2 aromatic heterocycles. The Morgan fingerprint density at radius 2 is 1.83 bits per heavy atom. The normalized spacial score (nSPS) is 11.0. The van der Waals surface area contributed by atoms with Crippen molar-refractivity contribution in [3.8, 4) is 34.9 Å². The van der Waals surface area contributed by atoms with E-state index < -0.39 is 0 Å². The molecule has 1 N–H and O–H groups in total. The Morgan fingerprint density at radius 3 is 2.50 bits per heavy atom. The first-order chi connectivity index (χ1) is 14.7. The second-order valence-electron chi connectivity index (χ2n) is 7.40. The second kappa shape index (κ2) is 8.70. The number of benzene rings is 2. The monoisotopic (exact) mass is 397 g/mol. The van der Waals surface area contributed by atoms with Gasteiger partial charge in [0.2, 0.25) is 0 Å². The van der Waals surface area contributed by atoms with Crippen LogP contribution in [-0.4, -0.2) is 35.4 Å². The summed E-state index contributed by atoms with van der Waals surface area (Å²) in [6.07, 6.45) is 6.83. The number of H-pyrrole nitrogens is 1. The first kappa shape index (κ1) is 19.5. The van der Waals surface area contributed by atoms with Crippen LogP contribution in [0.4, 0.5) is 0 Å². The molecule has 2 aromatic carbocycles. The van der Waals surface area contributed by atoms with Gasteiger partial charge in [-0.3, -0.25) is 0 Å². The van der Waals surface area contributed by atoms with E-state index in [4.69, 9.17) is 11.5 Å². The SMILES string of the molecule is C#CCCc1nc(C(C)C)nn1Cc1ccc(-c2ccccc2-c2nnn[nH]2)cc1. The predicted octanol–water partition coefficient (Wildman–Crippen LogP) is 3.86. The van der Waals surface area contributed by atoms with E-state index in [-0.39, 0.29) is 5.92 Å². The van der Waals surface area contributed by atoms with Crippen molar-refractivity contribution in [2.45, 2.75) is 39.2 Å². The molecule has 4 rings (SSSR count). The van der Waals surface area contributed by atoms with Crippen LogP contribution in [0.5, 0.6) is 0 Å². The molecule has 0 saturated carbocycles. The lowest BCUT2D eigenvalue weighted by Crippen LogP contribution is -2.07. The van der Waals surface area contributed by atoms with Crippen molar-refractivity contribution in [1.82, 2.24) is 35.4 Å². The molecule has 0 aliphatic rings. The number of aryl methyl sites for hydroxylation is 1. The van der Waals surface area contributed by atoms with E-state index in [0.717, 1.165) is 40.3 Å². The van der Waals surface area contributed by atoms with Gasteiger partial charge >= 0.3 is 0 Å². The number of aromatic nitrogens is 7. The third-order valence-corrected chi connectivity index (χ3v) is 4.90. The molecule has 0 bridgehead atoms. The summed E-state index contributed by atoms with van der Waals surface area (Å²) in [5.41, 5.74) is 4.28. The van der Waals surface area contributed by atoms with Gasteiger partial charge in [-0.15, -0.1) is 17.4 Å². The summed E-state index contributed by atoms with van der Waals surface area (Å²) in [5.74, 6) is 5.41. The molecule has 2 heterocycles. The molecule has 0 atom stereocenters. The molecule has 0 fully saturated rings. The maximum atomic E-state index is 5.44. The Hall–Kier alpha value is -3.79. The molecule has 0 saturated heterocycles. The Balaban J connectivity index is 1.60. The summed E-state index contributed by atoms with van der Waals surface area (Å²) < 4.78 is 1.97. The summed E-state index contributed by atoms with van der Waals surface area (Å²) in [6.45, 7) is 4.86. The van der Waals surface area contributed by atoms with Crippen LogP contribution < -0.4 is 0 Å². The molecule has 0 unspecified atom stereocenters. The number of tetrazole rings is 1. The Labute approximate surface area is 175 Å². The average molecular weight is 397 g/mol. The van der Waals surface area contributed by atoms with Gasteiger partial charge in [-0.25, -0.2) is 14.8 Å². The summed E-state index contributed by atoms with van der Waals surface area (Å²) in [4.78, 5) is 4.68. The van der Waals surface area contributed by atoms with E-state index >= 15 is 0 Å². The van der Waals surface area contributed by atoms with E-state index in [1.165, 1.54) is 0 Å². The molecule has 0 amide bonds. The second-order valence-corrected chi connectivity index (χ2v) is 7.40. The molecule has 30 heavy (non-hydrogen) atoms. The van der Waals surface area contributed by atoms with Crippen molar-refractivity contribution in [3.63, 3.8) is 0 Å². The van der Waals surface area contributed by atoms with Gasteiger partial charge in [0.15, 0.2) is 11.6 Å². The number of nitrogens with zero attached hydrogens (tertiary/aromatic N) is 6. The molecule has 7 heteroatoms. The average Bonchev–Trinajstić information content (AvgIpc) is 3.43. The van der Waals surface area contributed by atoms with Gasteiger partial charge in [0.1, 0.15) is 5.82 Å². The van der Waals surface area contributed by atoms with Crippen molar-refractivity contribution in [1.29, 1.82) is 0 Å². The van der Waals surface area contributed by atoms with Crippen molar-refractivity contribution in [2.24, 2.45) is 0 Å². The minimum atomic E-state index is 0.278. The Morgan fingerprint density at radius 1 is 1.07 bits per heavy atom. The van der Waals surface area contributed by atoms with Crippen LogP contribution in [0.3, 0.4) is 0 Å². The number of nitrogens with one attached hydrogen (secondary N) is 1. The topological polar surface area (TPSA) is 85.2 Å². The lowest BCUT2D eigenvalue weighted by Gasteiger charge is -2.09. The van der Waals surface area contributed by atoms with Gasteiger partial charge in [-0.05, 0) is 27.1 Å². The van der Waals surface area contributed by atoms with Gasteiger partial charge < -0.3 is 0 Å². The van der Waals surface area contributed by atoms with E-state index in [2.05, 4.69) is 75.7 Å². The fourth-order valence-electron chi connectivity index (χ4n) is 3.31. The molecule has 150 valence electrons. The molecule has 7 nitrogen and oxygen atoms in total. The van der Waals surface area contributed by atoms with E-state index in [1.807, 2.05) is 22.9 Å². The van der Waals surface area contributed by atoms with Crippen LogP contribution in [0.25, 0.3) is 22.5 Å². The Kier molecular flexibility index (Phi) is 5.66. The highest BCUT2D eigenvalue weighted by Gasteiger charge is 2.13. The first-order valence-electron chi connectivity index (χ1n) is 9.95. The fourth-order valence-corrected chi connectivity index (χ4v) is 3.31. The first-order valence-corrected chi connectivity index (χ1v) is 9.95. The van der Waals surface area contributed by atoms with E-state index in [0.29, 0.717) is 18.8 Å². The highest BCUT2D eigenvalue weighted by Crippen LogP contribution is 2.29. The Bertz CT molecular complexity index is 1150. The van der Waals surface area contributed by atoms with Crippen molar-refractivity contribution in [2.75, 3.05) is 0 Å². The lowest BCUT2D eigenvalue weighted by molar-refractivity contribution is 0.624. The zero-order chi connectivity index (χ0) is 20.9. The number of hydrogen-bond acceptors (Lipinski definition) is 5. The van der Waals surface area contributed by atoms with Crippen LogP contribution >= 0.6 is 0 Å². The molecular formula is C23H23N7. The van der Waals surface area contributed by atoms with Gasteiger partial charge in [0, 0.05) is 24.3 Å². The van der Waals surface area contributed by atoms with Gasteiger partial charge in [-0.1, -0.05) is 62.4 Å². The standard InChI is InChI=1S/C23H23N7/c1-4-5-10-21-24-22(16(2)3)27-30(21)15-17-11-13-18(14-12-17)19-8-6-7-9-20(19)23-25-28-29-26-23/h1,6-9,11-14,16H,5,10,15H2,2-3H3,(H,25,26,28,29). The van der Waals surface area contributed by atoms with Crippen LogP contribution in [0.1, 0.15) is 43.4 Å². The summed E-state index contributed by atoms with van der Waals surface area (Å²) >= 11 is 0. The molecule has 0 radical (unpaired) electrons. The minimum Gasteiger partial charge on any atom is -0.245 e. The quantitative estimate of drug-likeness (QED) is 0.479. The minimum absolute atomic E-state index is 0.278. The van der Waals surface area contributed by atoms with Crippen molar-refractivity contribution < 1.29 is 0 Å². The smallest absolute Gasteiger partial charge is 0.180 e. The van der Waals surface area contributed by atoms with Gasteiger partial charge in [-0.2, -0.15) is 5.10 Å². The zero-order valence-corrected chi connectivity index (χ0v) is 17.1. The van der Waals surface area contributed by atoms with E-state index in [1.54, 1.807) is 0 Å². The van der Waals surface area contributed by atoms with Crippen LogP contribution in [0, 0.1) is 12.3 Å². The zero-order valence-electron chi connectivity index (χ0n) is 17.1. The summed E-state index contributed by atoms with van der Waals surface area (Å²) in [7, 11) is 0. The third kappa shape index (κ3) is 4.13. The summed E-state index contributed by atoms with van der Waals surface area (Å²) in [5, 5.41) is 19.0. The maximum Gasteiger partial charge on any atom is 0.180 e. The number of rotatable bonds is 7. The fraction of sp³-hybridized carbons (Fsp3) is 0.261. The van der Waals surface area contributed by atoms with Gasteiger partial charge in [0.25, 0.3) is 0 Å². The number of terminal acetylenes is 1. The molecular weight excluding hydrogens is 374 g/mol. The molecule has 4 aromatic rings. The molecule has 0 aliphatic carbocycles. The van der Waals surface area contributed by atoms with Crippen molar-refractivity contribution >= 4 is 0 Å². The largest absolute Gasteiger partial charge is 0.245 e. The van der Waals surface area contributed by atoms with Crippen LogP contribution in [0.2, 0.25) is 0 Å². The van der Waals surface area contributed by atoms with Crippen LogP contribution in [0.15, 0.2) is 48.5 Å². The predicted molar refractivity (Wildman–Crippen MR) is 115 cm³/mol. The highest BCUT2D eigenvalue weighted by atomic mass is 15.5. The van der Waals surface area contributed by atoms with Gasteiger partial charge in [0.05, 0.1) is 6.54 Å². The maximum absolute atomic E-state index is 5.44. The highest BCUT2D eigenvalue weighted by molar-refractivity contribution is 5.80. The van der Waals surface area contributed by atoms with Crippen molar-refractivity contribution in [3.05, 3.63) is 65.7 Å². The lowest BCUT2D eigenvalue weighted by atomic mass is 9.98. The molecule has 0 aliphatic heterocycles. The summed E-state index contributed by atoms with van der Waals surface area (Å²) in [6, 6.07) is 16.5. The number of hydrogen-bond donors (Lipinski definition) is 1. The molecule has 0 spiro atoms. The number of aromatic amines is 1. The van der Waals surface area contributed by atoms with Crippen LogP contribution in [-0.2, 0) is 13.0 Å². The van der Waals surface area contributed by atoms with E-state index in [9.17, 15) is 0 Å². The third-order valence-electron chi connectivity index (χ3n) is 4.90.